The third kappa shape index (κ3) is 0.673. The molecule has 1 N–H and O–H groups in total. The molecule has 0 saturated heterocycles. The van der Waals surface area contributed by atoms with Gasteiger partial charge in [-0.3, -0.25) is 0 Å². The van der Waals surface area contributed by atoms with Crippen molar-refractivity contribution in [3.8, 4) is 0 Å². The summed E-state index contributed by atoms with van der Waals surface area (Å²) in [5.74, 6) is -0.464. The normalized spacial score (nSPS) is 10.5. The van der Waals surface area contributed by atoms with E-state index in [-0.39, 0.29) is 0 Å². The van der Waals surface area contributed by atoms with E-state index < -0.39 is 5.95 Å². The molecule has 2 nitrogen and oxygen atoms in total. The van der Waals surface area contributed by atoms with Gasteiger partial charge >= 0.3 is 0 Å². The number of pyridine rings is 1. The third-order valence-electron chi connectivity index (χ3n) is 1.28. The Morgan fingerprint density at radius 2 is 2.50 bits per heavy atom. The van der Waals surface area contributed by atoms with Crippen LogP contribution in [-0.2, 0) is 0 Å². The molecule has 0 unspecified atom stereocenters. The number of rotatable bonds is 0. The first-order chi connectivity index (χ1) is 4.86. The van der Waals surface area contributed by atoms with Gasteiger partial charge in [0.05, 0.1) is 6.07 Å². The first-order valence-electron chi connectivity index (χ1n) is 2.88. The Kier molecular flexibility index (Phi) is 0.974. The summed E-state index contributed by atoms with van der Waals surface area (Å²) in [5.41, 5.74) is 0.542. The SMILES string of the molecule is Fc1[c]c2cccnc2[nH]1. The molecule has 2 rings (SSSR count). The third-order valence-corrected chi connectivity index (χ3v) is 1.28. The van der Waals surface area contributed by atoms with E-state index in [1.54, 1.807) is 18.3 Å². The second-order valence-corrected chi connectivity index (χ2v) is 1.96. The number of nitrogens with one attached hydrogen (secondary N) is 1. The number of hydrogen-bond donors (Lipinski definition) is 1. The highest BCUT2D eigenvalue weighted by molar-refractivity contribution is 5.74. The quantitative estimate of drug-likeness (QED) is 0.582. The van der Waals surface area contributed by atoms with Crippen molar-refractivity contribution < 1.29 is 4.39 Å². The average molecular weight is 135 g/mol. The molecule has 0 aliphatic heterocycles. The Balaban J connectivity index is 2.88. The molecular weight excluding hydrogens is 131 g/mol. The smallest absolute Gasteiger partial charge is 0.201 e. The molecule has 0 atom stereocenters. The summed E-state index contributed by atoms with van der Waals surface area (Å²) in [4.78, 5) is 6.30. The van der Waals surface area contributed by atoms with Gasteiger partial charge in [0.2, 0.25) is 5.95 Å². The molecule has 0 saturated carbocycles. The van der Waals surface area contributed by atoms with Crippen molar-refractivity contribution in [2.75, 3.05) is 0 Å². The highest BCUT2D eigenvalue weighted by Crippen LogP contribution is 2.08. The number of aromatic nitrogens is 2. The Labute approximate surface area is 56.7 Å². The van der Waals surface area contributed by atoms with Crippen molar-refractivity contribution in [3.63, 3.8) is 0 Å². The van der Waals surface area contributed by atoms with Crippen LogP contribution in [0.1, 0.15) is 0 Å². The second kappa shape index (κ2) is 1.80. The zero-order valence-electron chi connectivity index (χ0n) is 5.06. The van der Waals surface area contributed by atoms with Crippen LogP contribution in [0.3, 0.4) is 0 Å². The standard InChI is InChI=1S/C7H4FN2/c8-6-4-5-2-1-3-9-7(5)10-6/h1-3H,(H,9,10). The van der Waals surface area contributed by atoms with Gasteiger partial charge in [-0.1, -0.05) is 0 Å². The minimum Gasteiger partial charge on any atom is -0.316 e. The van der Waals surface area contributed by atoms with Crippen LogP contribution in [0, 0.1) is 12.0 Å². The van der Waals surface area contributed by atoms with Gasteiger partial charge in [0.15, 0.2) is 0 Å². The molecule has 0 amide bonds. The van der Waals surface area contributed by atoms with Crippen LogP contribution in [0.4, 0.5) is 4.39 Å². The lowest BCUT2D eigenvalue weighted by Gasteiger charge is -1.81. The highest BCUT2D eigenvalue weighted by Gasteiger charge is 1.97. The summed E-state index contributed by atoms with van der Waals surface area (Å²) >= 11 is 0. The van der Waals surface area contributed by atoms with Crippen LogP contribution in [0.25, 0.3) is 11.0 Å². The van der Waals surface area contributed by atoms with E-state index in [2.05, 4.69) is 16.0 Å². The number of fused-ring (bicyclic) bond motifs is 1. The fourth-order valence-corrected chi connectivity index (χ4v) is 0.859. The van der Waals surface area contributed by atoms with Crippen molar-refractivity contribution in [1.29, 1.82) is 0 Å². The molecule has 0 aliphatic carbocycles. The Morgan fingerprint density at radius 1 is 1.60 bits per heavy atom. The molecule has 2 aromatic heterocycles. The fourth-order valence-electron chi connectivity index (χ4n) is 0.859. The zero-order chi connectivity index (χ0) is 6.97. The minimum atomic E-state index is -0.464. The summed E-state index contributed by atoms with van der Waals surface area (Å²) in [7, 11) is 0. The highest BCUT2D eigenvalue weighted by atomic mass is 19.1. The van der Waals surface area contributed by atoms with Crippen molar-refractivity contribution >= 4 is 11.0 Å². The van der Waals surface area contributed by atoms with Crippen molar-refractivity contribution in [3.05, 3.63) is 30.3 Å². The number of nitrogens with zero attached hydrogens (tertiary/aromatic N) is 1. The van der Waals surface area contributed by atoms with Crippen molar-refractivity contribution in [2.45, 2.75) is 0 Å². The largest absolute Gasteiger partial charge is 0.316 e. The average Bonchev–Trinajstić information content (AvgIpc) is 2.27. The predicted molar refractivity (Wildman–Crippen MR) is 34.9 cm³/mol. The maximum absolute atomic E-state index is 12.4. The van der Waals surface area contributed by atoms with E-state index in [4.69, 9.17) is 0 Å². The van der Waals surface area contributed by atoms with Crippen LogP contribution in [0.15, 0.2) is 18.3 Å². The van der Waals surface area contributed by atoms with Gasteiger partial charge in [-0.05, 0) is 12.1 Å². The van der Waals surface area contributed by atoms with Crippen LogP contribution in [0.2, 0.25) is 0 Å². The Hall–Kier alpha value is -1.38. The monoisotopic (exact) mass is 135 g/mol. The first kappa shape index (κ1) is 5.41. The molecule has 0 spiro atoms. The number of hydrogen-bond acceptors (Lipinski definition) is 1. The molecule has 49 valence electrons. The molecule has 0 aliphatic rings. The van der Waals surface area contributed by atoms with Crippen LogP contribution in [-0.4, -0.2) is 9.97 Å². The van der Waals surface area contributed by atoms with Gasteiger partial charge in [-0.15, -0.1) is 0 Å². The summed E-state index contributed by atoms with van der Waals surface area (Å²) < 4.78 is 12.4. The lowest BCUT2D eigenvalue weighted by atomic mass is 10.3. The van der Waals surface area contributed by atoms with Gasteiger partial charge < -0.3 is 4.98 Å². The molecule has 3 heteroatoms. The summed E-state index contributed by atoms with van der Waals surface area (Å²) in [6.07, 6.45) is 1.60. The van der Waals surface area contributed by atoms with Crippen LogP contribution < -0.4 is 0 Å². The molecule has 10 heavy (non-hydrogen) atoms. The van der Waals surface area contributed by atoms with E-state index >= 15 is 0 Å². The maximum Gasteiger partial charge on any atom is 0.201 e. The fraction of sp³-hybridized carbons (Fsp3) is 0. The van der Waals surface area contributed by atoms with Crippen molar-refractivity contribution in [1.82, 2.24) is 9.97 Å². The Bertz CT molecular complexity index is 320. The van der Waals surface area contributed by atoms with Crippen LogP contribution in [0.5, 0.6) is 0 Å². The number of halogens is 1. The second-order valence-electron chi connectivity index (χ2n) is 1.96. The van der Waals surface area contributed by atoms with Crippen molar-refractivity contribution in [2.24, 2.45) is 0 Å². The topological polar surface area (TPSA) is 28.7 Å². The van der Waals surface area contributed by atoms with Gasteiger partial charge in [0.1, 0.15) is 5.65 Å². The predicted octanol–water partition coefficient (Wildman–Crippen LogP) is 1.50. The first-order valence-corrected chi connectivity index (χ1v) is 2.88. The van der Waals surface area contributed by atoms with E-state index in [9.17, 15) is 4.39 Å². The maximum atomic E-state index is 12.4. The molecule has 1 radical (unpaired) electrons. The van der Waals surface area contributed by atoms with E-state index in [0.717, 1.165) is 0 Å². The van der Waals surface area contributed by atoms with Gasteiger partial charge in [-0.25, -0.2) is 4.98 Å². The van der Waals surface area contributed by atoms with E-state index in [1.165, 1.54) is 0 Å². The van der Waals surface area contributed by atoms with Gasteiger partial charge in [-0.2, -0.15) is 4.39 Å². The van der Waals surface area contributed by atoms with Gasteiger partial charge in [0.25, 0.3) is 0 Å². The van der Waals surface area contributed by atoms with E-state index in [0.29, 0.717) is 11.0 Å². The van der Waals surface area contributed by atoms with Crippen LogP contribution >= 0.6 is 0 Å². The molecule has 2 aromatic rings. The lowest BCUT2D eigenvalue weighted by Crippen LogP contribution is -1.72. The van der Waals surface area contributed by atoms with Gasteiger partial charge in [0, 0.05) is 11.6 Å². The zero-order valence-corrected chi connectivity index (χ0v) is 5.06. The van der Waals surface area contributed by atoms with E-state index in [1.807, 2.05) is 0 Å². The molecule has 0 aromatic carbocycles. The summed E-state index contributed by atoms with van der Waals surface area (Å²) in [6.45, 7) is 0. The molecular formula is C7H4FN2. The molecule has 0 bridgehead atoms. The Morgan fingerprint density at radius 3 is 3.30 bits per heavy atom. The lowest BCUT2D eigenvalue weighted by molar-refractivity contribution is 0.592. The number of H-pyrrole nitrogens is 1. The minimum absolute atomic E-state index is 0.464. The summed E-state index contributed by atoms with van der Waals surface area (Å²) in [6, 6.07) is 5.97. The molecule has 0 fully saturated rings. The summed E-state index contributed by atoms with van der Waals surface area (Å²) in [5, 5.41) is 0.681. The molecule has 2 heterocycles. The number of aromatic amines is 1.